The molecule has 1 aromatic heterocycles. The lowest BCUT2D eigenvalue weighted by Gasteiger charge is -2.44. The molecule has 2 aromatic rings. The van der Waals surface area contributed by atoms with Crippen molar-refractivity contribution in [2.45, 2.75) is 24.8 Å². The number of nitrogens with zero attached hydrogens (tertiary/aromatic N) is 3. The predicted molar refractivity (Wildman–Crippen MR) is 106 cm³/mol. The minimum atomic E-state index is -2.75. The maximum absolute atomic E-state index is 14.9. The maximum Gasteiger partial charge on any atom is 0.281 e. The highest BCUT2D eigenvalue weighted by Gasteiger charge is 2.47. The smallest absolute Gasteiger partial charge is 0.281 e. The van der Waals surface area contributed by atoms with Gasteiger partial charge in [0.05, 0.1) is 24.5 Å². The van der Waals surface area contributed by atoms with Gasteiger partial charge in [-0.1, -0.05) is 17.8 Å². The number of alkyl halides is 2. The fraction of sp³-hybridized carbons (Fsp3) is 0.400. The summed E-state index contributed by atoms with van der Waals surface area (Å²) in [5.41, 5.74) is 5.59. The molecule has 4 rings (SSSR count). The van der Waals surface area contributed by atoms with Gasteiger partial charge in [-0.25, -0.2) is 18.2 Å². The van der Waals surface area contributed by atoms with Crippen molar-refractivity contribution >= 4 is 22.7 Å². The van der Waals surface area contributed by atoms with Crippen molar-refractivity contribution in [1.82, 2.24) is 9.97 Å². The average Bonchev–Trinajstić information content (AvgIpc) is 2.74. The summed E-state index contributed by atoms with van der Waals surface area (Å²) in [6, 6.07) is 4.48. The van der Waals surface area contributed by atoms with Gasteiger partial charge in [-0.05, 0) is 17.7 Å². The van der Waals surface area contributed by atoms with E-state index in [1.54, 1.807) is 6.07 Å². The third-order valence-corrected chi connectivity index (χ3v) is 6.36. The fourth-order valence-electron chi connectivity index (χ4n) is 3.84. The van der Waals surface area contributed by atoms with Crippen molar-refractivity contribution in [2.75, 3.05) is 19.0 Å². The predicted octanol–water partition coefficient (Wildman–Crippen LogP) is 3.27. The van der Waals surface area contributed by atoms with Gasteiger partial charge in [0.25, 0.3) is 6.43 Å². The molecule has 2 N–H and O–H groups in total. The Hall–Kier alpha value is -2.46. The molecule has 10 heteroatoms. The molecule has 0 saturated carbocycles. The van der Waals surface area contributed by atoms with Crippen LogP contribution in [-0.4, -0.2) is 39.9 Å². The summed E-state index contributed by atoms with van der Waals surface area (Å²) in [6.45, 7) is 0.894. The molecule has 2 aliphatic heterocycles. The molecule has 2 aliphatic rings. The first-order valence-electron chi connectivity index (χ1n) is 9.37. The first kappa shape index (κ1) is 20.8. The summed E-state index contributed by atoms with van der Waals surface area (Å²) in [5.74, 6) is -0.173. The summed E-state index contributed by atoms with van der Waals surface area (Å²) >= 11 is 1.42. The highest BCUT2D eigenvalue weighted by Crippen LogP contribution is 2.46. The molecule has 3 heterocycles. The van der Waals surface area contributed by atoms with Gasteiger partial charge in [0.2, 0.25) is 0 Å². The monoisotopic (exact) mass is 436 g/mol. The quantitative estimate of drug-likeness (QED) is 0.724. The summed E-state index contributed by atoms with van der Waals surface area (Å²) in [6.07, 6.45) is -0.411. The zero-order valence-corrected chi connectivity index (χ0v) is 16.7. The number of Topliss-reactive ketones (excluding diaryl/α,β-unsaturated/α-hetero) is 1. The van der Waals surface area contributed by atoms with E-state index in [4.69, 9.17) is 10.5 Å². The molecule has 1 saturated heterocycles. The minimum Gasteiger partial charge on any atom is -0.381 e. The van der Waals surface area contributed by atoms with E-state index in [2.05, 4.69) is 15.0 Å². The molecular weight excluding hydrogens is 417 g/mol. The van der Waals surface area contributed by atoms with Gasteiger partial charge in [0, 0.05) is 36.7 Å². The molecular formula is C20H19F3N4O2S. The van der Waals surface area contributed by atoms with Gasteiger partial charge in [-0.15, -0.1) is 0 Å². The molecule has 6 nitrogen and oxygen atoms in total. The Labute approximate surface area is 175 Å². The normalized spacial score (nSPS) is 23.7. The van der Waals surface area contributed by atoms with E-state index in [-0.39, 0.29) is 18.0 Å². The van der Waals surface area contributed by atoms with E-state index in [9.17, 15) is 18.0 Å². The first-order valence-corrected chi connectivity index (χ1v) is 10.4. The number of hydrogen-bond donors (Lipinski definition) is 1. The average molecular weight is 436 g/mol. The molecule has 0 radical (unpaired) electrons. The van der Waals surface area contributed by atoms with Crippen molar-refractivity contribution in [3.8, 4) is 0 Å². The second-order valence-corrected chi connectivity index (χ2v) is 8.29. The zero-order chi connectivity index (χ0) is 21.3. The third-order valence-electron chi connectivity index (χ3n) is 5.41. The molecule has 1 fully saturated rings. The van der Waals surface area contributed by atoms with Gasteiger partial charge in [0.15, 0.2) is 11.0 Å². The van der Waals surface area contributed by atoms with Gasteiger partial charge in [-0.2, -0.15) is 0 Å². The fourth-order valence-corrected chi connectivity index (χ4v) is 4.81. The van der Waals surface area contributed by atoms with E-state index in [0.29, 0.717) is 41.7 Å². The number of amidine groups is 1. The van der Waals surface area contributed by atoms with Crippen LogP contribution in [0.3, 0.4) is 0 Å². The van der Waals surface area contributed by atoms with Crippen molar-refractivity contribution in [3.63, 3.8) is 0 Å². The van der Waals surface area contributed by atoms with Gasteiger partial charge in [-0.3, -0.25) is 14.8 Å². The van der Waals surface area contributed by atoms with Crippen LogP contribution in [0, 0.1) is 11.7 Å². The standard InChI is InChI=1S/C20H19F3N4O2S/c21-14-2-1-11(6-17(28)15-7-26-16(8-25-15)18(22)23)5-13(14)20-3-4-29-9-12(20)10-30-19(24)27-20/h1-2,5,7-8,12,18H,3-4,6,9-10H2,(H2,24,27)/t12-,20-/m0/s1. The van der Waals surface area contributed by atoms with Crippen LogP contribution in [-0.2, 0) is 16.7 Å². The Balaban J connectivity index is 1.63. The van der Waals surface area contributed by atoms with Crippen molar-refractivity contribution in [1.29, 1.82) is 0 Å². The van der Waals surface area contributed by atoms with Crippen LogP contribution < -0.4 is 5.73 Å². The summed E-state index contributed by atoms with van der Waals surface area (Å²) < 4.78 is 45.7. The number of ketones is 1. The van der Waals surface area contributed by atoms with Crippen LogP contribution in [0.2, 0.25) is 0 Å². The topological polar surface area (TPSA) is 90.5 Å². The Morgan fingerprint density at radius 2 is 2.17 bits per heavy atom. The van der Waals surface area contributed by atoms with E-state index in [0.717, 1.165) is 12.4 Å². The molecule has 1 aromatic carbocycles. The minimum absolute atomic E-state index is 0.0243. The Kier molecular flexibility index (Phi) is 5.79. The lowest BCUT2D eigenvalue weighted by Crippen LogP contribution is -2.47. The van der Waals surface area contributed by atoms with Crippen LogP contribution in [0.15, 0.2) is 35.6 Å². The molecule has 0 unspecified atom stereocenters. The molecule has 0 bridgehead atoms. The number of benzene rings is 1. The van der Waals surface area contributed by atoms with Crippen LogP contribution in [0.5, 0.6) is 0 Å². The SMILES string of the molecule is NC1=N[C@@]2(c3cc(CC(=O)c4cnc(C(F)F)cn4)ccc3F)CCOC[C@H]2CS1. The number of carbonyl (C=O) groups is 1. The molecule has 0 spiro atoms. The van der Waals surface area contributed by atoms with Crippen LogP contribution in [0.25, 0.3) is 0 Å². The lowest BCUT2D eigenvalue weighted by molar-refractivity contribution is 0.00881. The highest BCUT2D eigenvalue weighted by molar-refractivity contribution is 8.13. The number of halogens is 3. The number of aliphatic imine (C=N–C) groups is 1. The van der Waals surface area contributed by atoms with Gasteiger partial charge < -0.3 is 10.5 Å². The Bertz CT molecular complexity index is 987. The molecule has 0 aliphatic carbocycles. The number of thioether (sulfide) groups is 1. The zero-order valence-electron chi connectivity index (χ0n) is 15.9. The van der Waals surface area contributed by atoms with E-state index < -0.39 is 29.3 Å². The molecule has 30 heavy (non-hydrogen) atoms. The van der Waals surface area contributed by atoms with Crippen molar-refractivity contribution in [3.05, 3.63) is 58.9 Å². The van der Waals surface area contributed by atoms with Gasteiger partial charge in [0.1, 0.15) is 17.2 Å². The molecule has 158 valence electrons. The Morgan fingerprint density at radius 3 is 2.90 bits per heavy atom. The number of fused-ring (bicyclic) bond motifs is 1. The summed E-state index contributed by atoms with van der Waals surface area (Å²) in [7, 11) is 0. The summed E-state index contributed by atoms with van der Waals surface area (Å²) in [4.78, 5) is 24.5. The number of rotatable bonds is 5. The van der Waals surface area contributed by atoms with E-state index in [1.807, 2.05) is 0 Å². The number of hydrogen-bond acceptors (Lipinski definition) is 7. The van der Waals surface area contributed by atoms with E-state index >= 15 is 0 Å². The second-order valence-electron chi connectivity index (χ2n) is 7.25. The highest BCUT2D eigenvalue weighted by atomic mass is 32.2. The Morgan fingerprint density at radius 1 is 1.33 bits per heavy atom. The summed E-state index contributed by atoms with van der Waals surface area (Å²) in [5, 5.41) is 0.406. The number of aromatic nitrogens is 2. The van der Waals surface area contributed by atoms with Crippen molar-refractivity contribution in [2.24, 2.45) is 16.6 Å². The van der Waals surface area contributed by atoms with Crippen molar-refractivity contribution < 1.29 is 22.7 Å². The second kappa shape index (κ2) is 8.35. The molecule has 2 atom stereocenters. The first-order chi connectivity index (χ1) is 14.4. The van der Waals surface area contributed by atoms with Crippen LogP contribution in [0.1, 0.15) is 40.2 Å². The lowest BCUT2D eigenvalue weighted by atomic mass is 9.75. The number of carbonyl (C=O) groups excluding carboxylic acids is 1. The third kappa shape index (κ3) is 3.93. The molecule has 0 amide bonds. The maximum atomic E-state index is 14.9. The van der Waals surface area contributed by atoms with Gasteiger partial charge >= 0.3 is 0 Å². The van der Waals surface area contributed by atoms with Crippen LogP contribution in [0.4, 0.5) is 13.2 Å². The number of ether oxygens (including phenoxy) is 1. The number of nitrogens with two attached hydrogens (primary N) is 1. The largest absolute Gasteiger partial charge is 0.381 e. The van der Waals surface area contributed by atoms with E-state index in [1.165, 1.54) is 23.9 Å². The van der Waals surface area contributed by atoms with Crippen LogP contribution >= 0.6 is 11.8 Å².